The second kappa shape index (κ2) is 6.81. The number of rotatable bonds is 6. The van der Waals surface area contributed by atoms with Crippen molar-refractivity contribution in [3.05, 3.63) is 82.4 Å². The third-order valence-electron chi connectivity index (χ3n) is 5.10. The first kappa shape index (κ1) is 16.0. The van der Waals surface area contributed by atoms with Crippen LogP contribution in [0.25, 0.3) is 5.65 Å². The van der Waals surface area contributed by atoms with Crippen molar-refractivity contribution >= 4 is 5.65 Å². The predicted octanol–water partition coefficient (Wildman–Crippen LogP) is 3.50. The molecule has 1 fully saturated rings. The van der Waals surface area contributed by atoms with Gasteiger partial charge in [0.25, 0.3) is 5.56 Å². The van der Waals surface area contributed by atoms with Crippen molar-refractivity contribution in [1.29, 1.82) is 0 Å². The largest absolute Gasteiger partial charge is 0.290 e. The molecular formula is C21H23N3O. The van der Waals surface area contributed by atoms with Crippen molar-refractivity contribution in [2.75, 3.05) is 0 Å². The summed E-state index contributed by atoms with van der Waals surface area (Å²) >= 11 is 0. The molecule has 2 heterocycles. The summed E-state index contributed by atoms with van der Waals surface area (Å²) < 4.78 is 1.59. The highest BCUT2D eigenvalue weighted by Gasteiger charge is 2.32. The zero-order valence-electron chi connectivity index (χ0n) is 14.5. The molecule has 3 aromatic rings. The molecular weight excluding hydrogens is 310 g/mol. The molecule has 1 aliphatic rings. The molecule has 1 saturated carbocycles. The van der Waals surface area contributed by atoms with Crippen molar-refractivity contribution in [2.45, 2.75) is 38.9 Å². The Balaban J connectivity index is 1.62. The van der Waals surface area contributed by atoms with E-state index in [4.69, 9.17) is 4.98 Å². The number of fused-ring (bicyclic) bond motifs is 1. The molecule has 25 heavy (non-hydrogen) atoms. The SMILES string of the molecule is C[C@@H](C1CC1)N(Cc1ccccc1)Cc1cc(=O)n2ccccc2n1. The molecule has 0 aliphatic heterocycles. The third-order valence-corrected chi connectivity index (χ3v) is 5.10. The molecule has 1 atom stereocenters. The van der Waals surface area contributed by atoms with Crippen molar-refractivity contribution in [3.8, 4) is 0 Å². The third kappa shape index (κ3) is 3.64. The van der Waals surface area contributed by atoms with Gasteiger partial charge in [-0.3, -0.25) is 14.1 Å². The quantitative estimate of drug-likeness (QED) is 0.693. The summed E-state index contributed by atoms with van der Waals surface area (Å²) in [6.07, 6.45) is 4.38. The van der Waals surface area contributed by atoms with E-state index in [9.17, 15) is 4.79 Å². The molecule has 128 valence electrons. The van der Waals surface area contributed by atoms with Gasteiger partial charge in [0.15, 0.2) is 0 Å². The standard InChI is InChI=1S/C21H23N3O/c1-16(18-10-11-18)23(14-17-7-3-2-4-8-17)15-19-13-21(25)24-12-6-5-9-20(24)22-19/h2-9,12-13,16,18H,10-11,14-15H2,1H3/t16-/m0/s1. The summed E-state index contributed by atoms with van der Waals surface area (Å²) in [5.41, 5.74) is 2.84. The van der Waals surface area contributed by atoms with Crippen LogP contribution >= 0.6 is 0 Å². The first-order valence-electron chi connectivity index (χ1n) is 8.96. The normalized spacial score (nSPS) is 15.6. The van der Waals surface area contributed by atoms with Gasteiger partial charge in [-0.1, -0.05) is 36.4 Å². The van der Waals surface area contributed by atoms with Crippen LogP contribution in [0.1, 0.15) is 31.0 Å². The number of hydrogen-bond donors (Lipinski definition) is 0. The average molecular weight is 333 g/mol. The van der Waals surface area contributed by atoms with E-state index in [0.717, 1.165) is 18.2 Å². The molecule has 1 aliphatic carbocycles. The van der Waals surface area contributed by atoms with E-state index in [2.05, 4.69) is 36.1 Å². The highest BCUT2D eigenvalue weighted by atomic mass is 16.1. The minimum atomic E-state index is -0.0145. The number of aromatic nitrogens is 2. The highest BCUT2D eigenvalue weighted by molar-refractivity contribution is 5.38. The van der Waals surface area contributed by atoms with Crippen LogP contribution in [0.5, 0.6) is 0 Å². The first-order valence-corrected chi connectivity index (χ1v) is 8.96. The molecule has 2 aromatic heterocycles. The van der Waals surface area contributed by atoms with Gasteiger partial charge >= 0.3 is 0 Å². The maximum Gasteiger partial charge on any atom is 0.258 e. The summed E-state index contributed by atoms with van der Waals surface area (Å²) in [4.78, 5) is 19.5. The maximum atomic E-state index is 12.4. The van der Waals surface area contributed by atoms with E-state index < -0.39 is 0 Å². The van der Waals surface area contributed by atoms with Gasteiger partial charge in [0.1, 0.15) is 5.65 Å². The lowest BCUT2D eigenvalue weighted by Gasteiger charge is -2.29. The van der Waals surface area contributed by atoms with Crippen LogP contribution in [0.15, 0.2) is 65.6 Å². The summed E-state index contributed by atoms with van der Waals surface area (Å²) in [6.45, 7) is 3.88. The second-order valence-corrected chi connectivity index (χ2v) is 6.98. The Hall–Kier alpha value is -2.46. The Kier molecular flexibility index (Phi) is 4.36. The van der Waals surface area contributed by atoms with Gasteiger partial charge < -0.3 is 0 Å². The minimum Gasteiger partial charge on any atom is -0.290 e. The summed E-state index contributed by atoms with van der Waals surface area (Å²) in [6, 6.07) is 18.4. The topological polar surface area (TPSA) is 37.6 Å². The van der Waals surface area contributed by atoms with E-state index in [1.165, 1.54) is 18.4 Å². The van der Waals surface area contributed by atoms with Crippen LogP contribution in [0.2, 0.25) is 0 Å². The molecule has 0 bridgehead atoms. The van der Waals surface area contributed by atoms with Gasteiger partial charge in [-0.2, -0.15) is 0 Å². The lowest BCUT2D eigenvalue weighted by Crippen LogP contribution is -2.34. The van der Waals surface area contributed by atoms with Crippen LogP contribution in [0, 0.1) is 5.92 Å². The zero-order chi connectivity index (χ0) is 17.2. The van der Waals surface area contributed by atoms with Gasteiger partial charge in [0.2, 0.25) is 0 Å². The van der Waals surface area contributed by atoms with Gasteiger partial charge in [0.05, 0.1) is 5.69 Å². The average Bonchev–Trinajstić information content (AvgIpc) is 3.47. The van der Waals surface area contributed by atoms with E-state index in [-0.39, 0.29) is 5.56 Å². The molecule has 4 heteroatoms. The van der Waals surface area contributed by atoms with Gasteiger partial charge in [-0.25, -0.2) is 4.98 Å². The summed E-state index contributed by atoms with van der Waals surface area (Å²) in [5.74, 6) is 0.769. The molecule has 4 nitrogen and oxygen atoms in total. The van der Waals surface area contributed by atoms with Crippen molar-refractivity contribution in [1.82, 2.24) is 14.3 Å². The fraction of sp³-hybridized carbons (Fsp3) is 0.333. The molecule has 0 saturated heterocycles. The molecule has 0 N–H and O–H groups in total. The Bertz CT molecular complexity index is 915. The van der Waals surface area contributed by atoms with E-state index >= 15 is 0 Å². The zero-order valence-corrected chi connectivity index (χ0v) is 14.5. The van der Waals surface area contributed by atoms with Crippen LogP contribution < -0.4 is 5.56 Å². The van der Waals surface area contributed by atoms with Gasteiger partial charge in [-0.15, -0.1) is 0 Å². The number of hydrogen-bond acceptors (Lipinski definition) is 3. The van der Waals surface area contributed by atoms with Crippen molar-refractivity contribution < 1.29 is 0 Å². The van der Waals surface area contributed by atoms with Crippen molar-refractivity contribution in [2.24, 2.45) is 5.92 Å². The van der Waals surface area contributed by atoms with E-state index in [0.29, 0.717) is 18.2 Å². The van der Waals surface area contributed by atoms with Gasteiger partial charge in [-0.05, 0) is 43.4 Å². The lowest BCUT2D eigenvalue weighted by molar-refractivity contribution is 0.170. The first-order chi connectivity index (χ1) is 12.2. The van der Waals surface area contributed by atoms with Crippen LogP contribution in [-0.2, 0) is 13.1 Å². The van der Waals surface area contributed by atoms with Crippen molar-refractivity contribution in [3.63, 3.8) is 0 Å². The fourth-order valence-electron chi connectivity index (χ4n) is 3.43. The monoisotopic (exact) mass is 333 g/mol. The molecule has 0 spiro atoms. The van der Waals surface area contributed by atoms with E-state index in [1.54, 1.807) is 16.7 Å². The highest BCUT2D eigenvalue weighted by Crippen LogP contribution is 2.36. The predicted molar refractivity (Wildman–Crippen MR) is 99.3 cm³/mol. The maximum absolute atomic E-state index is 12.4. The van der Waals surface area contributed by atoms with Gasteiger partial charge in [0, 0.05) is 31.4 Å². The van der Waals surface area contributed by atoms with Crippen LogP contribution in [0.4, 0.5) is 0 Å². The van der Waals surface area contributed by atoms with E-state index in [1.807, 2.05) is 24.3 Å². The Morgan fingerprint density at radius 2 is 1.88 bits per heavy atom. The molecule has 0 radical (unpaired) electrons. The Labute approximate surface area is 147 Å². The smallest absolute Gasteiger partial charge is 0.258 e. The van der Waals surface area contributed by atoms with Crippen LogP contribution in [0.3, 0.4) is 0 Å². The molecule has 0 unspecified atom stereocenters. The molecule has 0 amide bonds. The fourth-order valence-corrected chi connectivity index (χ4v) is 3.43. The number of benzene rings is 1. The minimum absolute atomic E-state index is 0.0145. The lowest BCUT2D eigenvalue weighted by atomic mass is 10.1. The Morgan fingerprint density at radius 3 is 2.64 bits per heavy atom. The summed E-state index contributed by atoms with van der Waals surface area (Å²) in [7, 11) is 0. The number of nitrogens with zero attached hydrogens (tertiary/aromatic N) is 3. The number of pyridine rings is 1. The van der Waals surface area contributed by atoms with Crippen LogP contribution in [-0.4, -0.2) is 20.3 Å². The second-order valence-electron chi connectivity index (χ2n) is 6.98. The summed E-state index contributed by atoms with van der Waals surface area (Å²) in [5, 5.41) is 0. The molecule has 1 aromatic carbocycles. The molecule has 4 rings (SSSR count). The Morgan fingerprint density at radius 1 is 1.12 bits per heavy atom.